The highest BCUT2D eigenvalue weighted by Crippen LogP contribution is 2.33. The molecule has 5 rings (SSSR count). The molecule has 2 N–H and O–H groups in total. The quantitative estimate of drug-likeness (QED) is 0.659. The minimum Gasteiger partial charge on any atom is -0.477 e. The second-order valence-corrected chi connectivity index (χ2v) is 7.61. The number of morpholine rings is 1. The Morgan fingerprint density at radius 3 is 2.88 bits per heavy atom. The Kier molecular flexibility index (Phi) is 5.32. The lowest BCUT2D eigenvalue weighted by Crippen LogP contribution is -2.44. The highest BCUT2D eigenvalue weighted by molar-refractivity contribution is 5.99. The Hall–Kier alpha value is -3.37. The third kappa shape index (κ3) is 3.51. The Bertz CT molecular complexity index is 1190. The van der Waals surface area contributed by atoms with Gasteiger partial charge in [0.25, 0.3) is 5.91 Å². The van der Waals surface area contributed by atoms with Gasteiger partial charge in [0.15, 0.2) is 0 Å². The van der Waals surface area contributed by atoms with Crippen molar-refractivity contribution in [2.45, 2.75) is 26.2 Å². The Morgan fingerprint density at radius 1 is 1.25 bits per heavy atom. The number of benzene rings is 1. The number of hydrogen-bond acceptors (Lipinski definition) is 8. The molecule has 9 nitrogen and oxygen atoms in total. The highest BCUT2D eigenvalue weighted by atomic mass is 19.1. The lowest BCUT2D eigenvalue weighted by molar-refractivity contribution is -0.00441. The minimum absolute atomic E-state index is 0.0380. The van der Waals surface area contributed by atoms with Gasteiger partial charge in [-0.25, -0.2) is 9.37 Å². The third-order valence-corrected chi connectivity index (χ3v) is 5.73. The van der Waals surface area contributed by atoms with Crippen LogP contribution in [0.25, 0.3) is 10.9 Å². The molecule has 1 fully saturated rings. The van der Waals surface area contributed by atoms with E-state index >= 15 is 4.39 Å². The summed E-state index contributed by atoms with van der Waals surface area (Å²) in [5.41, 5.74) is 8.53. The number of pyridine rings is 1. The first-order valence-corrected chi connectivity index (χ1v) is 10.4. The molecule has 0 bridgehead atoms. The zero-order valence-corrected chi connectivity index (χ0v) is 17.5. The molecule has 0 unspecified atom stereocenters. The van der Waals surface area contributed by atoms with Gasteiger partial charge in [-0.3, -0.25) is 4.79 Å². The zero-order chi connectivity index (χ0) is 22.2. The van der Waals surface area contributed by atoms with E-state index in [0.29, 0.717) is 61.3 Å². The van der Waals surface area contributed by atoms with Crippen molar-refractivity contribution in [2.24, 2.45) is 0 Å². The molecule has 0 spiro atoms. The van der Waals surface area contributed by atoms with Gasteiger partial charge < -0.3 is 24.8 Å². The maximum absolute atomic E-state index is 15.0. The average Bonchev–Trinajstić information content (AvgIpc) is 3.30. The monoisotopic (exact) mass is 439 g/mol. The van der Waals surface area contributed by atoms with Crippen molar-refractivity contribution < 1.29 is 23.4 Å². The van der Waals surface area contributed by atoms with Crippen LogP contribution < -0.4 is 10.5 Å². The molecule has 166 valence electrons. The molecule has 2 aliphatic rings. The van der Waals surface area contributed by atoms with Crippen LogP contribution >= 0.6 is 0 Å². The molecule has 4 heterocycles. The summed E-state index contributed by atoms with van der Waals surface area (Å²) >= 11 is 0. The number of carbonyl (C=O) groups is 1. The van der Waals surface area contributed by atoms with E-state index in [9.17, 15) is 4.79 Å². The lowest BCUT2D eigenvalue weighted by Gasteiger charge is -2.35. The fourth-order valence-corrected chi connectivity index (χ4v) is 4.14. The van der Waals surface area contributed by atoms with E-state index < -0.39 is 17.8 Å². The Labute approximate surface area is 183 Å². The molecule has 2 aliphatic heterocycles. The standard InChI is InChI=1S/C22H22FN5O4/c1-2-32-20-4-3-17(26-27-20)19-11-30-6-5-28(19)22(29)13-7-12-14-9-31-10-15(14)21(24)25-18(12)8-16(13)23/h3-4,7-8,19H,2,5-6,9-11H2,1H3,(H2,24,25)/t19-/m0/s1. The van der Waals surface area contributed by atoms with E-state index in [1.165, 1.54) is 6.07 Å². The molecular weight excluding hydrogens is 417 g/mol. The van der Waals surface area contributed by atoms with Crippen molar-refractivity contribution in [2.75, 3.05) is 32.1 Å². The van der Waals surface area contributed by atoms with E-state index in [-0.39, 0.29) is 12.2 Å². The molecular formula is C22H22FN5O4. The van der Waals surface area contributed by atoms with E-state index in [2.05, 4.69) is 15.2 Å². The fourth-order valence-electron chi connectivity index (χ4n) is 4.14. The smallest absolute Gasteiger partial charge is 0.257 e. The number of nitrogens with zero attached hydrogens (tertiary/aromatic N) is 4. The predicted molar refractivity (Wildman–Crippen MR) is 112 cm³/mol. The number of halogens is 1. The number of aromatic nitrogens is 3. The summed E-state index contributed by atoms with van der Waals surface area (Å²) in [7, 11) is 0. The Morgan fingerprint density at radius 2 is 2.09 bits per heavy atom. The van der Waals surface area contributed by atoms with Gasteiger partial charge in [0, 0.05) is 29.6 Å². The van der Waals surface area contributed by atoms with Crippen molar-refractivity contribution in [3.63, 3.8) is 0 Å². The topological polar surface area (TPSA) is 113 Å². The van der Waals surface area contributed by atoms with Crippen molar-refractivity contribution in [1.29, 1.82) is 0 Å². The maximum atomic E-state index is 15.0. The van der Waals surface area contributed by atoms with E-state index in [1.54, 1.807) is 23.1 Å². The number of nitrogens with two attached hydrogens (primary N) is 1. The van der Waals surface area contributed by atoms with Crippen LogP contribution in [0, 0.1) is 5.82 Å². The molecule has 0 aliphatic carbocycles. The van der Waals surface area contributed by atoms with Crippen molar-refractivity contribution in [3.8, 4) is 5.88 Å². The predicted octanol–water partition coefficient (Wildman–Crippen LogP) is 2.39. The maximum Gasteiger partial charge on any atom is 0.257 e. The first-order valence-electron chi connectivity index (χ1n) is 10.4. The van der Waals surface area contributed by atoms with Gasteiger partial charge in [-0.15, -0.1) is 10.2 Å². The first kappa shape index (κ1) is 20.5. The summed E-state index contributed by atoms with van der Waals surface area (Å²) < 4.78 is 31.5. The van der Waals surface area contributed by atoms with Crippen LogP contribution in [0.3, 0.4) is 0 Å². The first-order chi connectivity index (χ1) is 15.6. The zero-order valence-electron chi connectivity index (χ0n) is 17.5. The minimum atomic E-state index is -0.656. The number of ether oxygens (including phenoxy) is 3. The van der Waals surface area contributed by atoms with Gasteiger partial charge in [0.2, 0.25) is 5.88 Å². The molecule has 2 aromatic heterocycles. The summed E-state index contributed by atoms with van der Waals surface area (Å²) in [6.45, 7) is 3.92. The molecule has 0 saturated carbocycles. The largest absolute Gasteiger partial charge is 0.477 e. The van der Waals surface area contributed by atoms with Crippen LogP contribution in [0.2, 0.25) is 0 Å². The van der Waals surface area contributed by atoms with Crippen molar-refractivity contribution in [1.82, 2.24) is 20.1 Å². The molecule has 32 heavy (non-hydrogen) atoms. The third-order valence-electron chi connectivity index (χ3n) is 5.73. The Balaban J connectivity index is 1.51. The van der Waals surface area contributed by atoms with Crippen LogP contribution in [0.15, 0.2) is 24.3 Å². The number of anilines is 1. The molecule has 3 aromatic rings. The molecule has 1 amide bonds. The van der Waals surface area contributed by atoms with Crippen LogP contribution in [0.1, 0.15) is 40.1 Å². The highest BCUT2D eigenvalue weighted by Gasteiger charge is 2.32. The fraction of sp³-hybridized carbons (Fsp3) is 0.364. The summed E-state index contributed by atoms with van der Waals surface area (Å²) in [5, 5.41) is 8.90. The second-order valence-electron chi connectivity index (χ2n) is 7.61. The SMILES string of the molecule is CCOc1ccc([C@@H]2COCCN2C(=O)c2cc3c4c(c(N)nc3cc2F)COC4)nn1. The summed E-state index contributed by atoms with van der Waals surface area (Å²) in [6, 6.07) is 5.74. The molecule has 0 radical (unpaired) electrons. The number of fused-ring (bicyclic) bond motifs is 3. The number of amides is 1. The molecule has 10 heteroatoms. The van der Waals surface area contributed by atoms with Crippen molar-refractivity contribution >= 4 is 22.6 Å². The van der Waals surface area contributed by atoms with Crippen LogP contribution in [0.5, 0.6) is 5.88 Å². The summed E-state index contributed by atoms with van der Waals surface area (Å²) in [4.78, 5) is 19.3. The van der Waals surface area contributed by atoms with Crippen LogP contribution in [0.4, 0.5) is 10.2 Å². The van der Waals surface area contributed by atoms with Crippen LogP contribution in [-0.4, -0.2) is 52.4 Å². The van der Waals surface area contributed by atoms with Gasteiger partial charge in [-0.2, -0.15) is 0 Å². The number of hydrogen-bond donors (Lipinski definition) is 1. The number of nitrogen functional groups attached to an aromatic ring is 1. The normalized spacial score (nSPS) is 18.1. The van der Waals surface area contributed by atoms with Gasteiger partial charge in [-0.05, 0) is 24.6 Å². The summed E-state index contributed by atoms with van der Waals surface area (Å²) in [5.74, 6) is -0.380. The lowest BCUT2D eigenvalue weighted by atomic mass is 10.0. The molecule has 1 atom stereocenters. The van der Waals surface area contributed by atoms with Gasteiger partial charge in [0.05, 0.1) is 55.9 Å². The molecule has 1 aromatic carbocycles. The molecule has 1 saturated heterocycles. The van der Waals surface area contributed by atoms with Crippen LogP contribution in [-0.2, 0) is 22.7 Å². The van der Waals surface area contributed by atoms with E-state index in [1.807, 2.05) is 6.92 Å². The van der Waals surface area contributed by atoms with E-state index in [4.69, 9.17) is 19.9 Å². The number of carbonyl (C=O) groups excluding carboxylic acids is 1. The van der Waals surface area contributed by atoms with Gasteiger partial charge in [0.1, 0.15) is 11.6 Å². The second kappa shape index (κ2) is 8.29. The van der Waals surface area contributed by atoms with Gasteiger partial charge in [-0.1, -0.05) is 0 Å². The van der Waals surface area contributed by atoms with Crippen molar-refractivity contribution in [3.05, 3.63) is 52.5 Å². The average molecular weight is 439 g/mol. The summed E-state index contributed by atoms with van der Waals surface area (Å²) in [6.07, 6.45) is 0. The number of rotatable bonds is 4. The van der Waals surface area contributed by atoms with E-state index in [0.717, 1.165) is 11.1 Å². The van der Waals surface area contributed by atoms with Gasteiger partial charge >= 0.3 is 0 Å².